The zero-order chi connectivity index (χ0) is 18.4. The highest BCUT2D eigenvalue weighted by molar-refractivity contribution is 8.01. The number of hydrogen-bond donors (Lipinski definition) is 2. The van der Waals surface area contributed by atoms with Crippen LogP contribution in [-0.4, -0.2) is 50.0 Å². The van der Waals surface area contributed by atoms with Crippen LogP contribution in [0.2, 0.25) is 0 Å². The van der Waals surface area contributed by atoms with Gasteiger partial charge >= 0.3 is 5.97 Å². The van der Waals surface area contributed by atoms with Gasteiger partial charge in [0.15, 0.2) is 0 Å². The first-order valence-corrected chi connectivity index (χ1v) is 9.25. The molecule has 0 aromatic heterocycles. The Hall–Kier alpha value is -1.73. The van der Waals surface area contributed by atoms with Gasteiger partial charge in [-0.2, -0.15) is 0 Å². The van der Waals surface area contributed by atoms with Crippen molar-refractivity contribution in [2.24, 2.45) is 0 Å². The summed E-state index contributed by atoms with van der Waals surface area (Å²) in [5, 5.41) is 11.3. The summed E-state index contributed by atoms with van der Waals surface area (Å²) in [5.41, 5.74) is 0.836. The molecule has 0 saturated carbocycles. The molecule has 0 aliphatic carbocycles. The highest BCUT2D eigenvalue weighted by atomic mass is 35.5. The number of aliphatic carboxylic acids is 1. The number of carboxylic acids is 1. The fraction of sp³-hybridized carbons (Fsp3) is 0.471. The van der Waals surface area contributed by atoms with Gasteiger partial charge < -0.3 is 15.3 Å². The van der Waals surface area contributed by atoms with E-state index in [0.29, 0.717) is 0 Å². The van der Waals surface area contributed by atoms with E-state index in [9.17, 15) is 19.5 Å². The van der Waals surface area contributed by atoms with Crippen molar-refractivity contribution in [1.29, 1.82) is 0 Å². The van der Waals surface area contributed by atoms with Gasteiger partial charge in [0.1, 0.15) is 17.5 Å². The third-order valence-electron chi connectivity index (χ3n) is 4.52. The highest BCUT2D eigenvalue weighted by Gasteiger charge is 2.64. The van der Waals surface area contributed by atoms with Crippen molar-refractivity contribution in [3.8, 4) is 0 Å². The second-order valence-corrected chi connectivity index (χ2v) is 9.02. The maximum absolute atomic E-state index is 12.3. The monoisotopic (exact) mass is 382 g/mol. The molecule has 2 amide bonds. The van der Waals surface area contributed by atoms with Gasteiger partial charge in [-0.1, -0.05) is 30.3 Å². The lowest BCUT2D eigenvalue weighted by atomic mass is 9.96. The van der Waals surface area contributed by atoms with Crippen LogP contribution in [0.4, 0.5) is 0 Å². The van der Waals surface area contributed by atoms with Gasteiger partial charge in [-0.3, -0.25) is 9.59 Å². The Balaban J connectivity index is 1.62. The van der Waals surface area contributed by atoms with Crippen molar-refractivity contribution in [2.45, 2.75) is 47.8 Å². The van der Waals surface area contributed by atoms with Gasteiger partial charge in [-0.05, 0) is 19.4 Å². The average molecular weight is 383 g/mol. The largest absolute Gasteiger partial charge is 0.480 e. The maximum atomic E-state index is 12.3. The lowest BCUT2D eigenvalue weighted by molar-refractivity contribution is -0.161. The molecular weight excluding hydrogens is 364 g/mol. The number of hydrogen-bond acceptors (Lipinski definition) is 4. The number of carboxylic acid groups (broad SMARTS) is 1. The summed E-state index contributed by atoms with van der Waals surface area (Å²) < 4.78 is -0.606. The number of thioether (sulfide) groups is 1. The molecule has 3 rings (SSSR count). The zero-order valence-electron chi connectivity index (χ0n) is 13.8. The minimum Gasteiger partial charge on any atom is -0.480 e. The normalized spacial score (nSPS) is 28.0. The molecule has 8 heteroatoms. The predicted molar refractivity (Wildman–Crippen MR) is 95.3 cm³/mol. The van der Waals surface area contributed by atoms with Crippen molar-refractivity contribution in [3.63, 3.8) is 0 Å². The van der Waals surface area contributed by atoms with Gasteiger partial charge in [0, 0.05) is 11.2 Å². The molecule has 134 valence electrons. The number of alkyl halides is 1. The first-order valence-electron chi connectivity index (χ1n) is 7.93. The number of β-lactam (4-membered cyclic amide) rings is 1. The van der Waals surface area contributed by atoms with Crippen LogP contribution in [0.1, 0.15) is 31.2 Å². The van der Waals surface area contributed by atoms with Gasteiger partial charge in [-0.15, -0.1) is 23.4 Å². The fourth-order valence-electron chi connectivity index (χ4n) is 3.32. The Kier molecular flexibility index (Phi) is 4.72. The lowest BCUT2D eigenvalue weighted by Crippen LogP contribution is -2.70. The van der Waals surface area contributed by atoms with Crippen LogP contribution >= 0.6 is 23.4 Å². The van der Waals surface area contributed by atoms with Crippen molar-refractivity contribution in [2.75, 3.05) is 0 Å². The number of rotatable bonds is 5. The SMILES string of the molecule is CC1(C)S[C@@H]2[C@H](NC(=O)CC(Cl)c3ccccc3)C(=O)N2[C@H]1C(=O)O. The number of nitrogens with one attached hydrogen (secondary N) is 1. The molecule has 1 unspecified atom stereocenters. The van der Waals surface area contributed by atoms with E-state index in [2.05, 4.69) is 5.32 Å². The summed E-state index contributed by atoms with van der Waals surface area (Å²) in [4.78, 5) is 37.4. The molecule has 2 N–H and O–H groups in total. The van der Waals surface area contributed by atoms with Gasteiger partial charge in [0.05, 0.1) is 5.38 Å². The quantitative estimate of drug-likeness (QED) is 0.600. The summed E-state index contributed by atoms with van der Waals surface area (Å²) in [7, 11) is 0. The van der Waals surface area contributed by atoms with Crippen molar-refractivity contribution in [1.82, 2.24) is 10.2 Å². The Morgan fingerprint density at radius 2 is 2.00 bits per heavy atom. The maximum Gasteiger partial charge on any atom is 0.327 e. The molecule has 2 saturated heterocycles. The third-order valence-corrected chi connectivity index (χ3v) is 6.50. The number of nitrogens with zero attached hydrogens (tertiary/aromatic N) is 1. The Labute approximate surface area is 154 Å². The average Bonchev–Trinajstić information content (AvgIpc) is 2.81. The van der Waals surface area contributed by atoms with Crippen LogP contribution in [0.5, 0.6) is 0 Å². The number of amides is 2. The van der Waals surface area contributed by atoms with Crippen LogP contribution in [0.3, 0.4) is 0 Å². The molecule has 2 heterocycles. The van der Waals surface area contributed by atoms with Crippen molar-refractivity contribution >= 4 is 41.1 Å². The standard InChI is InChI=1S/C17H19ClN2O4S/c1-17(2)13(16(23)24)20-14(22)12(15(20)25-17)19-11(21)8-10(18)9-6-4-3-5-7-9/h3-7,10,12-13,15H,8H2,1-2H3,(H,19,21)(H,23,24)/t10?,12-,13+,15-/m1/s1. The first-order chi connectivity index (χ1) is 11.7. The van der Waals surface area contributed by atoms with Gasteiger partial charge in [0.2, 0.25) is 11.8 Å². The molecular formula is C17H19ClN2O4S. The lowest BCUT2D eigenvalue weighted by Gasteiger charge is -2.43. The Morgan fingerprint density at radius 3 is 2.60 bits per heavy atom. The fourth-order valence-corrected chi connectivity index (χ4v) is 5.23. The molecule has 2 fully saturated rings. The summed E-state index contributed by atoms with van der Waals surface area (Å²) in [6, 6.07) is 7.67. The van der Waals surface area contributed by atoms with E-state index in [1.165, 1.54) is 16.7 Å². The van der Waals surface area contributed by atoms with E-state index < -0.39 is 28.2 Å². The van der Waals surface area contributed by atoms with E-state index >= 15 is 0 Å². The minimum absolute atomic E-state index is 0.0541. The number of carbonyl (C=O) groups is 3. The van der Waals surface area contributed by atoms with E-state index in [4.69, 9.17) is 11.6 Å². The van der Waals surface area contributed by atoms with Gasteiger partial charge in [0.25, 0.3) is 0 Å². The Bertz CT molecular complexity index is 712. The molecule has 0 spiro atoms. The number of halogens is 1. The summed E-state index contributed by atoms with van der Waals surface area (Å²) in [6.45, 7) is 3.59. The number of benzene rings is 1. The van der Waals surface area contributed by atoms with E-state index in [1.54, 1.807) is 13.8 Å². The van der Waals surface area contributed by atoms with Gasteiger partial charge in [-0.25, -0.2) is 4.79 Å². The minimum atomic E-state index is -1.02. The highest BCUT2D eigenvalue weighted by Crippen LogP contribution is 2.50. The van der Waals surface area contributed by atoms with E-state index in [1.807, 2.05) is 30.3 Å². The summed E-state index contributed by atoms with van der Waals surface area (Å²) >= 11 is 7.66. The molecule has 1 aromatic carbocycles. The van der Waals surface area contributed by atoms with Crippen LogP contribution in [0, 0.1) is 0 Å². The molecule has 25 heavy (non-hydrogen) atoms. The van der Waals surface area contributed by atoms with Crippen LogP contribution in [0.15, 0.2) is 30.3 Å². The van der Waals surface area contributed by atoms with Crippen LogP contribution in [-0.2, 0) is 14.4 Å². The smallest absolute Gasteiger partial charge is 0.327 e. The second kappa shape index (κ2) is 6.53. The molecule has 0 radical (unpaired) electrons. The van der Waals surface area contributed by atoms with Crippen molar-refractivity contribution < 1.29 is 19.5 Å². The second-order valence-electron chi connectivity index (χ2n) is 6.73. The molecule has 6 nitrogen and oxygen atoms in total. The van der Waals surface area contributed by atoms with Crippen LogP contribution in [0.25, 0.3) is 0 Å². The zero-order valence-corrected chi connectivity index (χ0v) is 15.4. The molecule has 4 atom stereocenters. The third kappa shape index (κ3) is 3.22. The molecule has 2 aliphatic rings. The van der Waals surface area contributed by atoms with Crippen molar-refractivity contribution in [3.05, 3.63) is 35.9 Å². The topological polar surface area (TPSA) is 86.7 Å². The molecule has 1 aromatic rings. The van der Waals surface area contributed by atoms with E-state index in [-0.39, 0.29) is 23.6 Å². The summed E-state index contributed by atoms with van der Waals surface area (Å²) in [6.07, 6.45) is 0.0541. The summed E-state index contributed by atoms with van der Waals surface area (Å²) in [5.74, 6) is -1.70. The number of carbonyl (C=O) groups excluding carboxylic acids is 2. The predicted octanol–water partition coefficient (Wildman–Crippen LogP) is 1.99. The molecule has 2 aliphatic heterocycles. The Morgan fingerprint density at radius 1 is 1.36 bits per heavy atom. The number of fused-ring (bicyclic) bond motifs is 1. The first kappa shape index (κ1) is 18.1. The van der Waals surface area contributed by atoms with E-state index in [0.717, 1.165) is 5.56 Å². The molecule has 0 bridgehead atoms. The van der Waals surface area contributed by atoms with Crippen LogP contribution < -0.4 is 5.32 Å².